The minimum absolute atomic E-state index is 0.189. The van der Waals surface area contributed by atoms with Gasteiger partial charge in [0.25, 0.3) is 0 Å². The van der Waals surface area contributed by atoms with Gasteiger partial charge in [0.2, 0.25) is 0 Å². The molecule has 68 heavy (non-hydrogen) atoms. The second-order valence-electron chi connectivity index (χ2n) is 21.4. The third-order valence-electron chi connectivity index (χ3n) is 14.5. The van der Waals surface area contributed by atoms with Crippen LogP contribution in [0.4, 0.5) is 0 Å². The molecule has 4 nitrogen and oxygen atoms in total. The van der Waals surface area contributed by atoms with E-state index in [9.17, 15) is 4.57 Å². The molecular formula is C60H120Br3O4P. The van der Waals surface area contributed by atoms with Crippen molar-refractivity contribution in [1.82, 2.24) is 0 Å². The molecule has 0 saturated heterocycles. The maximum absolute atomic E-state index is 14.7. The predicted octanol–water partition coefficient (Wildman–Crippen LogP) is 24.4. The lowest BCUT2D eigenvalue weighted by Gasteiger charge is -2.29. The van der Waals surface area contributed by atoms with Crippen LogP contribution in [-0.4, -0.2) is 34.3 Å². The molecule has 0 N–H and O–H groups in total. The summed E-state index contributed by atoms with van der Waals surface area (Å²) in [6.07, 6.45) is 67.3. The summed E-state index contributed by atoms with van der Waals surface area (Å²) >= 11 is 11.2. The molecule has 0 rings (SSSR count). The van der Waals surface area contributed by atoms with E-state index in [0.29, 0.717) is 16.0 Å². The van der Waals surface area contributed by atoms with Crippen LogP contribution in [0.1, 0.15) is 348 Å². The molecule has 410 valence electrons. The van der Waals surface area contributed by atoms with E-state index < -0.39 is 7.82 Å². The monoisotopic (exact) mass is 1170 g/mol. The van der Waals surface area contributed by atoms with E-state index in [4.69, 9.17) is 13.6 Å². The van der Waals surface area contributed by atoms with Crippen molar-refractivity contribution in [2.24, 2.45) is 0 Å². The molecule has 0 amide bonds. The summed E-state index contributed by atoms with van der Waals surface area (Å²) in [4.78, 5) is 0. The van der Waals surface area contributed by atoms with Gasteiger partial charge in [0.05, 0.1) is 18.3 Å². The van der Waals surface area contributed by atoms with Crippen LogP contribution in [0.3, 0.4) is 0 Å². The Labute approximate surface area is 453 Å². The van der Waals surface area contributed by atoms with Crippen molar-refractivity contribution in [2.45, 2.75) is 367 Å². The molecule has 0 fully saturated rings. The number of alkyl halides is 3. The van der Waals surface area contributed by atoms with E-state index in [1.807, 2.05) is 0 Å². The highest BCUT2D eigenvalue weighted by Gasteiger charge is 2.36. The average molecular weight is 1180 g/mol. The van der Waals surface area contributed by atoms with Crippen molar-refractivity contribution in [3.05, 3.63) is 0 Å². The molecule has 0 aliphatic carbocycles. The highest BCUT2D eigenvalue weighted by atomic mass is 79.9. The molecule has 0 aromatic rings. The summed E-state index contributed by atoms with van der Waals surface area (Å²) in [5.41, 5.74) is 0. The predicted molar refractivity (Wildman–Crippen MR) is 316 cm³/mol. The number of halogens is 3. The van der Waals surface area contributed by atoms with Gasteiger partial charge in [-0.05, 0) is 19.3 Å². The van der Waals surface area contributed by atoms with Gasteiger partial charge in [-0.25, -0.2) is 4.57 Å². The third-order valence-corrected chi connectivity index (χ3v) is 18.3. The van der Waals surface area contributed by atoms with Crippen LogP contribution in [0.25, 0.3) is 0 Å². The Balaban J connectivity index is 4.74. The number of hydrogen-bond acceptors (Lipinski definition) is 4. The Kier molecular flexibility index (Phi) is 59.1. The number of phosphoric ester groups is 1. The van der Waals surface area contributed by atoms with E-state index in [-0.39, 0.29) is 18.3 Å². The number of phosphoric acid groups is 1. The number of hydrogen-bond donors (Lipinski definition) is 0. The fourth-order valence-electron chi connectivity index (χ4n) is 9.86. The molecule has 0 radical (unpaired) electrons. The fraction of sp³-hybridized carbons (Fsp3) is 1.00. The summed E-state index contributed by atoms with van der Waals surface area (Å²) in [6.45, 7) is 6.90. The quantitative estimate of drug-likeness (QED) is 0.0346. The molecule has 0 heterocycles. The van der Waals surface area contributed by atoms with Crippen molar-refractivity contribution in [3.8, 4) is 0 Å². The van der Waals surface area contributed by atoms with Gasteiger partial charge < -0.3 is 0 Å². The lowest BCUT2D eigenvalue weighted by molar-refractivity contribution is 0.0398. The van der Waals surface area contributed by atoms with Gasteiger partial charge >= 0.3 is 7.82 Å². The zero-order chi connectivity index (χ0) is 49.5. The van der Waals surface area contributed by atoms with Crippen LogP contribution in [0.15, 0.2) is 0 Å². The Morgan fingerprint density at radius 1 is 0.250 bits per heavy atom. The fourth-order valence-corrected chi connectivity index (χ4v) is 13.6. The molecule has 8 heteroatoms. The number of unbranched alkanes of at least 4 members (excludes halogenated alkanes) is 45. The lowest BCUT2D eigenvalue weighted by Crippen LogP contribution is -2.23. The highest BCUT2D eigenvalue weighted by molar-refractivity contribution is 9.09. The van der Waals surface area contributed by atoms with E-state index in [1.54, 1.807) is 0 Å². The lowest BCUT2D eigenvalue weighted by atomic mass is 10.0. The molecule has 3 unspecified atom stereocenters. The van der Waals surface area contributed by atoms with E-state index >= 15 is 0 Å². The van der Waals surface area contributed by atoms with Crippen LogP contribution in [0.5, 0.6) is 0 Å². The first-order chi connectivity index (χ1) is 33.5. The van der Waals surface area contributed by atoms with E-state index in [0.717, 1.165) is 38.5 Å². The molecule has 0 aliphatic rings. The SMILES string of the molecule is CCCCCCCCCCCCCCCCCCC(CBr)OP(=O)(OC(CBr)CCCCCCCCCCCCCCCCCC)OC(CBr)CCCCCCCCCCCCCCCCCC. The van der Waals surface area contributed by atoms with Gasteiger partial charge in [0, 0.05) is 16.0 Å². The van der Waals surface area contributed by atoms with Crippen LogP contribution in [0.2, 0.25) is 0 Å². The van der Waals surface area contributed by atoms with Gasteiger partial charge in [0.15, 0.2) is 0 Å². The van der Waals surface area contributed by atoms with E-state index in [2.05, 4.69) is 68.6 Å². The maximum atomic E-state index is 14.7. The smallest absolute Gasteiger partial charge is 0.283 e. The van der Waals surface area contributed by atoms with Crippen molar-refractivity contribution in [1.29, 1.82) is 0 Å². The summed E-state index contributed by atoms with van der Waals surface area (Å²) in [6, 6.07) is 0. The minimum Gasteiger partial charge on any atom is -0.283 e. The molecule has 3 atom stereocenters. The summed E-state index contributed by atoms with van der Waals surface area (Å²) in [7, 11) is -3.80. The molecule has 0 aliphatic heterocycles. The van der Waals surface area contributed by atoms with Gasteiger partial charge in [-0.15, -0.1) is 0 Å². The van der Waals surface area contributed by atoms with Crippen molar-refractivity contribution < 1.29 is 18.1 Å². The van der Waals surface area contributed by atoms with Gasteiger partial charge in [-0.3, -0.25) is 13.6 Å². The Hall–Kier alpha value is 1.55. The summed E-state index contributed by atoms with van der Waals surface area (Å²) in [5.74, 6) is 0. The zero-order valence-electron chi connectivity index (χ0n) is 46.1. The molecular weight excluding hydrogens is 1060 g/mol. The van der Waals surface area contributed by atoms with Crippen molar-refractivity contribution in [3.63, 3.8) is 0 Å². The maximum Gasteiger partial charge on any atom is 0.475 e. The van der Waals surface area contributed by atoms with Crippen LogP contribution in [0, 0.1) is 0 Å². The normalized spacial score (nSPS) is 14.1. The number of rotatable bonds is 60. The molecule has 0 aromatic carbocycles. The largest absolute Gasteiger partial charge is 0.475 e. The third kappa shape index (κ3) is 51.1. The summed E-state index contributed by atoms with van der Waals surface area (Å²) in [5, 5.41) is 1.91. The first kappa shape index (κ1) is 69.5. The van der Waals surface area contributed by atoms with Crippen molar-refractivity contribution >= 4 is 55.6 Å². The average Bonchev–Trinajstić information content (AvgIpc) is 3.34. The molecule has 0 aromatic heterocycles. The molecule has 0 spiro atoms. The summed E-state index contributed by atoms with van der Waals surface area (Å²) < 4.78 is 34.1. The first-order valence-corrected chi connectivity index (χ1v) is 35.6. The van der Waals surface area contributed by atoms with Crippen molar-refractivity contribution in [2.75, 3.05) is 16.0 Å². The molecule has 0 bridgehead atoms. The van der Waals surface area contributed by atoms with Gasteiger partial charge in [0.1, 0.15) is 0 Å². The van der Waals surface area contributed by atoms with Crippen LogP contribution < -0.4 is 0 Å². The van der Waals surface area contributed by atoms with Crippen LogP contribution >= 0.6 is 55.6 Å². The standard InChI is InChI=1S/C60H120Br3O4P/c1-4-7-10-13-16-19-22-25-28-31-34-37-40-43-46-49-52-58(55-61)65-68(64,66-59(56-62)53-50-47-44-41-38-35-32-29-26-23-20-17-14-11-8-5-2)67-60(57-63)54-51-48-45-42-39-36-33-30-27-24-21-18-15-12-9-6-3/h58-60H,4-57H2,1-3H3. The first-order valence-electron chi connectivity index (χ1n) is 30.8. The second-order valence-corrected chi connectivity index (χ2v) is 24.8. The topological polar surface area (TPSA) is 44.8 Å². The second kappa shape index (κ2) is 57.8. The van der Waals surface area contributed by atoms with Gasteiger partial charge in [-0.2, -0.15) is 0 Å². The molecule has 0 saturated carbocycles. The Morgan fingerprint density at radius 3 is 0.515 bits per heavy atom. The van der Waals surface area contributed by atoms with E-state index in [1.165, 1.54) is 289 Å². The van der Waals surface area contributed by atoms with Crippen LogP contribution in [-0.2, 0) is 18.1 Å². The Morgan fingerprint density at radius 2 is 0.382 bits per heavy atom. The highest BCUT2D eigenvalue weighted by Crippen LogP contribution is 2.54. The zero-order valence-corrected chi connectivity index (χ0v) is 51.8. The minimum atomic E-state index is -3.80. The van der Waals surface area contributed by atoms with Gasteiger partial charge in [-0.1, -0.05) is 377 Å². The Bertz CT molecular complexity index is 872.